The van der Waals surface area contributed by atoms with Gasteiger partial charge in [0.25, 0.3) is 0 Å². The molecule has 5 nitrogen and oxygen atoms in total. The quantitative estimate of drug-likeness (QED) is 0.372. The Balaban J connectivity index is 1.53. The Hall–Kier alpha value is -3.41. The number of ether oxygens (including phenoxy) is 1. The van der Waals surface area contributed by atoms with E-state index >= 15 is 0 Å². The molecule has 2 aromatic heterocycles. The number of hydrogen-bond donors (Lipinski definition) is 1. The van der Waals surface area contributed by atoms with E-state index in [1.54, 1.807) is 0 Å². The van der Waals surface area contributed by atoms with Crippen LogP contribution in [0.25, 0.3) is 21.9 Å². The number of fused-ring (bicyclic) bond motifs is 3. The lowest BCUT2D eigenvalue weighted by molar-refractivity contribution is 0.0287. The SMILES string of the molecule is Nc1nc2ccccc2c2c1ncn2CC(OCc1cccc(Cl)c1)c1ccccc1. The average Bonchev–Trinajstić information content (AvgIpc) is 3.22. The van der Waals surface area contributed by atoms with Crippen molar-refractivity contribution < 1.29 is 4.74 Å². The number of para-hydroxylation sites is 1. The molecule has 3 aromatic carbocycles. The fraction of sp³-hybridized carbons (Fsp3) is 0.120. The highest BCUT2D eigenvalue weighted by atomic mass is 35.5. The third-order valence-electron chi connectivity index (χ3n) is 5.35. The maximum atomic E-state index is 6.38. The fourth-order valence-corrected chi connectivity index (χ4v) is 4.08. The van der Waals surface area contributed by atoms with Crippen LogP contribution in [0.5, 0.6) is 0 Å². The number of benzene rings is 3. The van der Waals surface area contributed by atoms with Crippen molar-refractivity contribution in [2.24, 2.45) is 0 Å². The molecule has 0 amide bonds. The lowest BCUT2D eigenvalue weighted by atomic mass is 10.1. The van der Waals surface area contributed by atoms with Gasteiger partial charge in [-0.1, -0.05) is 72.3 Å². The number of rotatable bonds is 6. The van der Waals surface area contributed by atoms with Gasteiger partial charge in [0.05, 0.1) is 30.5 Å². The highest BCUT2D eigenvalue weighted by molar-refractivity contribution is 6.30. The van der Waals surface area contributed by atoms with Crippen LogP contribution in [-0.2, 0) is 17.9 Å². The fourth-order valence-electron chi connectivity index (χ4n) is 3.87. The van der Waals surface area contributed by atoms with Gasteiger partial charge in [0.2, 0.25) is 0 Å². The number of imidazole rings is 1. The van der Waals surface area contributed by atoms with E-state index < -0.39 is 0 Å². The number of nitrogens with two attached hydrogens (primary N) is 1. The molecule has 0 saturated carbocycles. The topological polar surface area (TPSA) is 66.0 Å². The van der Waals surface area contributed by atoms with Gasteiger partial charge in [0.1, 0.15) is 11.6 Å². The smallest absolute Gasteiger partial charge is 0.152 e. The standard InChI is InChI=1S/C25H21ClN4O/c26-19-10-6-7-17(13-19)15-31-22(18-8-2-1-3-9-18)14-30-16-28-23-24(30)20-11-4-5-12-21(20)29-25(23)27/h1-13,16,22H,14-15H2,(H2,27,29). The van der Waals surface area contributed by atoms with E-state index in [0.717, 1.165) is 27.5 Å². The minimum atomic E-state index is -0.175. The monoisotopic (exact) mass is 428 g/mol. The molecule has 1 atom stereocenters. The number of hydrogen-bond acceptors (Lipinski definition) is 4. The van der Waals surface area contributed by atoms with Gasteiger partial charge in [-0.15, -0.1) is 0 Å². The molecule has 0 aliphatic rings. The summed E-state index contributed by atoms with van der Waals surface area (Å²) in [5.41, 5.74) is 10.8. The second kappa shape index (κ2) is 8.38. The summed E-state index contributed by atoms with van der Waals surface area (Å²) < 4.78 is 8.48. The number of aromatic nitrogens is 3. The maximum Gasteiger partial charge on any atom is 0.152 e. The molecular weight excluding hydrogens is 408 g/mol. The number of nitrogen functional groups attached to an aromatic ring is 1. The molecule has 5 aromatic rings. The van der Waals surface area contributed by atoms with Crippen LogP contribution in [0, 0.1) is 0 Å². The van der Waals surface area contributed by atoms with Crippen molar-refractivity contribution >= 4 is 39.4 Å². The lowest BCUT2D eigenvalue weighted by Crippen LogP contribution is -2.12. The molecule has 0 bridgehead atoms. The van der Waals surface area contributed by atoms with E-state index in [9.17, 15) is 0 Å². The minimum absolute atomic E-state index is 0.175. The summed E-state index contributed by atoms with van der Waals surface area (Å²) in [5.74, 6) is 0.434. The van der Waals surface area contributed by atoms with Gasteiger partial charge in [-0.25, -0.2) is 9.97 Å². The third-order valence-corrected chi connectivity index (χ3v) is 5.59. The Kier molecular flexibility index (Phi) is 5.28. The first-order valence-corrected chi connectivity index (χ1v) is 10.5. The van der Waals surface area contributed by atoms with Crippen LogP contribution in [0.15, 0.2) is 85.2 Å². The first-order valence-electron chi connectivity index (χ1n) is 10.1. The predicted octanol–water partition coefficient (Wildman–Crippen LogP) is 5.78. The largest absolute Gasteiger partial charge is 0.382 e. The van der Waals surface area contributed by atoms with Gasteiger partial charge >= 0.3 is 0 Å². The Bertz CT molecular complexity index is 1350. The summed E-state index contributed by atoms with van der Waals surface area (Å²) in [6.45, 7) is 1.05. The molecule has 0 spiro atoms. The average molecular weight is 429 g/mol. The van der Waals surface area contributed by atoms with Gasteiger partial charge in [0.15, 0.2) is 5.82 Å². The predicted molar refractivity (Wildman–Crippen MR) is 125 cm³/mol. The first kappa shape index (κ1) is 19.5. The highest BCUT2D eigenvalue weighted by Gasteiger charge is 2.18. The Morgan fingerprint density at radius 2 is 1.77 bits per heavy atom. The van der Waals surface area contributed by atoms with Gasteiger partial charge in [-0.05, 0) is 29.3 Å². The van der Waals surface area contributed by atoms with Gasteiger partial charge in [-0.2, -0.15) is 0 Å². The molecule has 0 fully saturated rings. The van der Waals surface area contributed by atoms with Crippen LogP contribution in [0.3, 0.4) is 0 Å². The first-order chi connectivity index (χ1) is 15.2. The second-order valence-electron chi connectivity index (χ2n) is 7.45. The zero-order valence-corrected chi connectivity index (χ0v) is 17.5. The van der Waals surface area contributed by atoms with E-state index in [4.69, 9.17) is 22.1 Å². The normalized spacial score (nSPS) is 12.4. The van der Waals surface area contributed by atoms with Crippen molar-refractivity contribution in [3.8, 4) is 0 Å². The molecule has 154 valence electrons. The number of nitrogens with zero attached hydrogens (tertiary/aromatic N) is 3. The molecule has 5 rings (SSSR count). The van der Waals surface area contributed by atoms with Gasteiger partial charge < -0.3 is 15.0 Å². The van der Waals surface area contributed by atoms with Crippen molar-refractivity contribution in [2.45, 2.75) is 19.3 Å². The molecule has 0 aliphatic carbocycles. The van der Waals surface area contributed by atoms with E-state index in [1.165, 1.54) is 0 Å². The Morgan fingerprint density at radius 3 is 2.61 bits per heavy atom. The van der Waals surface area contributed by atoms with Crippen molar-refractivity contribution in [1.29, 1.82) is 0 Å². The summed E-state index contributed by atoms with van der Waals surface area (Å²) in [6, 6.07) is 25.9. The second-order valence-corrected chi connectivity index (χ2v) is 7.89. The van der Waals surface area contributed by atoms with Crippen molar-refractivity contribution in [2.75, 3.05) is 5.73 Å². The molecule has 31 heavy (non-hydrogen) atoms. The van der Waals surface area contributed by atoms with Gasteiger partial charge in [-0.3, -0.25) is 0 Å². The minimum Gasteiger partial charge on any atom is -0.382 e. The Morgan fingerprint density at radius 1 is 0.968 bits per heavy atom. The summed E-state index contributed by atoms with van der Waals surface area (Å²) in [4.78, 5) is 9.04. The van der Waals surface area contributed by atoms with Crippen molar-refractivity contribution in [3.63, 3.8) is 0 Å². The lowest BCUT2D eigenvalue weighted by Gasteiger charge is -2.20. The molecular formula is C25H21ClN4O. The van der Waals surface area contributed by atoms with Gasteiger partial charge in [0, 0.05) is 10.4 Å². The summed E-state index contributed by atoms with van der Waals surface area (Å²) in [7, 11) is 0. The van der Waals surface area contributed by atoms with Crippen LogP contribution in [0.4, 0.5) is 5.82 Å². The summed E-state index contributed by atoms with van der Waals surface area (Å²) in [5, 5.41) is 1.72. The van der Waals surface area contributed by atoms with E-state index in [2.05, 4.69) is 26.7 Å². The molecule has 0 aliphatic heterocycles. The van der Waals surface area contributed by atoms with Crippen LogP contribution in [0.2, 0.25) is 5.02 Å². The summed E-state index contributed by atoms with van der Waals surface area (Å²) >= 11 is 6.14. The van der Waals surface area contributed by atoms with Crippen molar-refractivity contribution in [3.05, 3.63) is 101 Å². The Labute approximate surface area is 185 Å². The third kappa shape index (κ3) is 3.98. The highest BCUT2D eigenvalue weighted by Crippen LogP contribution is 2.30. The van der Waals surface area contributed by atoms with Crippen molar-refractivity contribution in [1.82, 2.24) is 14.5 Å². The zero-order valence-electron chi connectivity index (χ0n) is 16.8. The van der Waals surface area contributed by atoms with E-state index in [-0.39, 0.29) is 6.10 Å². The molecule has 1 unspecified atom stereocenters. The molecule has 0 radical (unpaired) electrons. The van der Waals surface area contributed by atoms with E-state index in [0.29, 0.717) is 29.5 Å². The number of anilines is 1. The van der Waals surface area contributed by atoms with Crippen LogP contribution in [-0.4, -0.2) is 14.5 Å². The molecule has 0 saturated heterocycles. The van der Waals surface area contributed by atoms with E-state index in [1.807, 2.05) is 73.1 Å². The maximum absolute atomic E-state index is 6.38. The zero-order chi connectivity index (χ0) is 21.2. The number of pyridine rings is 1. The molecule has 6 heteroatoms. The summed E-state index contributed by atoms with van der Waals surface area (Å²) in [6.07, 6.45) is 1.64. The van der Waals surface area contributed by atoms with Crippen LogP contribution in [0.1, 0.15) is 17.2 Å². The van der Waals surface area contributed by atoms with Crippen LogP contribution >= 0.6 is 11.6 Å². The van der Waals surface area contributed by atoms with Crippen LogP contribution < -0.4 is 5.73 Å². The number of halogens is 1. The molecule has 2 heterocycles. The molecule has 2 N–H and O–H groups in total.